The molecule has 1 aromatic carbocycles. The highest BCUT2D eigenvalue weighted by Crippen LogP contribution is 2.33. The smallest absolute Gasteiger partial charge is 0.315 e. The zero-order valence-electron chi connectivity index (χ0n) is 12.3. The molecule has 0 heterocycles. The topological polar surface area (TPSA) is 78.4 Å². The number of carbonyl (C=O) groups excluding carboxylic acids is 1. The number of hydrogen-bond donors (Lipinski definition) is 3. The molecule has 0 saturated heterocycles. The fourth-order valence-electron chi connectivity index (χ4n) is 2.78. The quantitative estimate of drug-likeness (QED) is 0.729. The number of amides is 2. The zero-order valence-corrected chi connectivity index (χ0v) is 12.3. The minimum absolute atomic E-state index is 0.0226. The molecule has 0 radical (unpaired) electrons. The Labute approximate surface area is 124 Å². The second kappa shape index (κ2) is 7.11. The maximum Gasteiger partial charge on any atom is 0.315 e. The number of aryl methyl sites for hydroxylation is 1. The van der Waals surface area contributed by atoms with Gasteiger partial charge >= 0.3 is 12.0 Å². The van der Waals surface area contributed by atoms with Crippen molar-refractivity contribution in [2.45, 2.75) is 38.6 Å². The summed E-state index contributed by atoms with van der Waals surface area (Å²) >= 11 is 0. The van der Waals surface area contributed by atoms with Gasteiger partial charge in [0.2, 0.25) is 0 Å². The van der Waals surface area contributed by atoms with Gasteiger partial charge in [-0.2, -0.15) is 0 Å². The Morgan fingerprint density at radius 2 is 2.10 bits per heavy atom. The molecule has 114 valence electrons. The van der Waals surface area contributed by atoms with E-state index in [1.807, 2.05) is 12.1 Å². The first-order chi connectivity index (χ1) is 10.1. The van der Waals surface area contributed by atoms with Crippen LogP contribution in [0.1, 0.15) is 43.4 Å². The van der Waals surface area contributed by atoms with Crippen molar-refractivity contribution < 1.29 is 14.7 Å². The van der Waals surface area contributed by atoms with Crippen LogP contribution in [-0.4, -0.2) is 23.7 Å². The number of hydrogen-bond acceptors (Lipinski definition) is 2. The number of rotatable bonds is 5. The molecule has 1 aliphatic rings. The highest BCUT2D eigenvalue weighted by Gasteiger charge is 2.27. The van der Waals surface area contributed by atoms with Crippen molar-refractivity contribution in [3.05, 3.63) is 35.4 Å². The van der Waals surface area contributed by atoms with Crippen LogP contribution in [-0.2, 0) is 11.2 Å². The number of carbonyl (C=O) groups is 2. The van der Waals surface area contributed by atoms with Crippen LogP contribution >= 0.6 is 0 Å². The van der Waals surface area contributed by atoms with Gasteiger partial charge < -0.3 is 15.7 Å². The first-order valence-electron chi connectivity index (χ1n) is 7.42. The highest BCUT2D eigenvalue weighted by molar-refractivity contribution is 5.74. The van der Waals surface area contributed by atoms with E-state index in [2.05, 4.69) is 29.7 Å². The molecule has 2 atom stereocenters. The minimum atomic E-state index is -0.841. The fraction of sp³-hybridized carbons (Fsp3) is 0.500. The maximum absolute atomic E-state index is 11.9. The van der Waals surface area contributed by atoms with Crippen LogP contribution in [0.3, 0.4) is 0 Å². The molecule has 0 bridgehead atoms. The summed E-state index contributed by atoms with van der Waals surface area (Å²) in [6.07, 6.45) is 2.62. The van der Waals surface area contributed by atoms with Crippen LogP contribution in [0.25, 0.3) is 0 Å². The summed E-state index contributed by atoms with van der Waals surface area (Å²) in [6, 6.07) is 8.00. The Bertz CT molecular complexity index is 516. The Hall–Kier alpha value is -2.04. The van der Waals surface area contributed by atoms with Gasteiger partial charge in [0.05, 0.1) is 6.04 Å². The van der Waals surface area contributed by atoms with Crippen LogP contribution in [0.2, 0.25) is 0 Å². The van der Waals surface area contributed by atoms with Gasteiger partial charge in [0, 0.05) is 13.0 Å². The molecular weight excluding hydrogens is 268 g/mol. The lowest BCUT2D eigenvalue weighted by atomic mass is 9.81. The van der Waals surface area contributed by atoms with E-state index < -0.39 is 5.97 Å². The lowest BCUT2D eigenvalue weighted by molar-refractivity contribution is -0.137. The molecule has 1 aliphatic carbocycles. The third-order valence-electron chi connectivity index (χ3n) is 3.97. The summed E-state index contributed by atoms with van der Waals surface area (Å²) in [5, 5.41) is 14.3. The molecule has 0 fully saturated rings. The van der Waals surface area contributed by atoms with Crippen molar-refractivity contribution in [3.63, 3.8) is 0 Å². The van der Waals surface area contributed by atoms with Crippen LogP contribution < -0.4 is 10.6 Å². The third-order valence-corrected chi connectivity index (χ3v) is 3.97. The van der Waals surface area contributed by atoms with Gasteiger partial charge in [-0.3, -0.25) is 4.79 Å². The Morgan fingerprint density at radius 3 is 2.86 bits per heavy atom. The van der Waals surface area contributed by atoms with Crippen molar-refractivity contribution in [1.82, 2.24) is 10.6 Å². The van der Waals surface area contributed by atoms with Gasteiger partial charge in [0.15, 0.2) is 0 Å². The van der Waals surface area contributed by atoms with E-state index in [1.165, 1.54) is 11.1 Å². The monoisotopic (exact) mass is 290 g/mol. The van der Waals surface area contributed by atoms with Crippen LogP contribution in [0.15, 0.2) is 24.3 Å². The number of fused-ring (bicyclic) bond motifs is 1. The molecule has 1 aromatic rings. The molecule has 21 heavy (non-hydrogen) atoms. The molecular formula is C16H22N2O3. The van der Waals surface area contributed by atoms with E-state index in [9.17, 15) is 9.59 Å². The number of carboxylic acids is 1. The number of aliphatic carboxylic acids is 1. The molecule has 2 rings (SSSR count). The largest absolute Gasteiger partial charge is 0.481 e. The lowest BCUT2D eigenvalue weighted by Crippen LogP contribution is -2.42. The van der Waals surface area contributed by atoms with Crippen molar-refractivity contribution in [2.75, 3.05) is 6.54 Å². The van der Waals surface area contributed by atoms with E-state index in [4.69, 9.17) is 5.11 Å². The third kappa shape index (κ3) is 4.21. The van der Waals surface area contributed by atoms with Crippen molar-refractivity contribution >= 4 is 12.0 Å². The van der Waals surface area contributed by atoms with Crippen molar-refractivity contribution in [2.24, 2.45) is 5.92 Å². The average molecular weight is 290 g/mol. The number of benzene rings is 1. The van der Waals surface area contributed by atoms with Gasteiger partial charge in [0.1, 0.15) is 0 Å². The molecule has 0 aromatic heterocycles. The van der Waals surface area contributed by atoms with Crippen LogP contribution in [0, 0.1) is 5.92 Å². The molecule has 0 spiro atoms. The first-order valence-corrected chi connectivity index (χ1v) is 7.42. The van der Waals surface area contributed by atoms with E-state index in [0.29, 0.717) is 18.9 Å². The predicted octanol–water partition coefficient (Wildman–Crippen LogP) is 2.47. The summed E-state index contributed by atoms with van der Waals surface area (Å²) in [5.41, 5.74) is 2.49. The second-order valence-corrected chi connectivity index (χ2v) is 5.59. The van der Waals surface area contributed by atoms with E-state index in [0.717, 1.165) is 12.8 Å². The van der Waals surface area contributed by atoms with Gasteiger partial charge in [0.25, 0.3) is 0 Å². The van der Waals surface area contributed by atoms with E-state index >= 15 is 0 Å². The SMILES string of the molecule is CC1CCc2ccccc2C1NC(=O)NCCCC(=O)O. The van der Waals surface area contributed by atoms with Gasteiger partial charge in [-0.25, -0.2) is 4.79 Å². The predicted molar refractivity (Wildman–Crippen MR) is 80.1 cm³/mol. The fourth-order valence-corrected chi connectivity index (χ4v) is 2.78. The normalized spacial score (nSPS) is 20.4. The summed E-state index contributed by atoms with van der Waals surface area (Å²) < 4.78 is 0. The van der Waals surface area contributed by atoms with Gasteiger partial charge in [-0.15, -0.1) is 0 Å². The molecule has 5 heteroatoms. The van der Waals surface area contributed by atoms with Crippen LogP contribution in [0.5, 0.6) is 0 Å². The summed E-state index contributed by atoms with van der Waals surface area (Å²) in [4.78, 5) is 22.4. The summed E-state index contributed by atoms with van der Waals surface area (Å²) in [6.45, 7) is 2.52. The Balaban J connectivity index is 1.89. The van der Waals surface area contributed by atoms with Crippen molar-refractivity contribution in [3.8, 4) is 0 Å². The minimum Gasteiger partial charge on any atom is -0.481 e. The molecule has 0 saturated carbocycles. The second-order valence-electron chi connectivity index (χ2n) is 5.59. The van der Waals surface area contributed by atoms with Gasteiger partial charge in [-0.05, 0) is 36.3 Å². The van der Waals surface area contributed by atoms with E-state index in [1.54, 1.807) is 0 Å². The maximum atomic E-state index is 11.9. The Kier molecular flexibility index (Phi) is 5.20. The lowest BCUT2D eigenvalue weighted by Gasteiger charge is -2.32. The average Bonchev–Trinajstić information content (AvgIpc) is 2.46. The van der Waals surface area contributed by atoms with Crippen molar-refractivity contribution in [1.29, 1.82) is 0 Å². The van der Waals surface area contributed by atoms with Gasteiger partial charge in [-0.1, -0.05) is 31.2 Å². The highest BCUT2D eigenvalue weighted by atomic mass is 16.4. The first kappa shape index (κ1) is 15.4. The summed E-state index contributed by atoms with van der Waals surface area (Å²) in [7, 11) is 0. The standard InChI is InChI=1S/C16H22N2O3/c1-11-8-9-12-5-2-3-6-13(12)15(11)18-16(21)17-10-4-7-14(19)20/h2-3,5-6,11,15H,4,7-10H2,1H3,(H,19,20)(H2,17,18,21). The van der Waals surface area contributed by atoms with Crippen LogP contribution in [0.4, 0.5) is 4.79 Å². The number of urea groups is 1. The Morgan fingerprint density at radius 1 is 1.33 bits per heavy atom. The molecule has 0 aliphatic heterocycles. The molecule has 2 amide bonds. The number of nitrogens with one attached hydrogen (secondary N) is 2. The number of carboxylic acid groups (broad SMARTS) is 1. The zero-order chi connectivity index (χ0) is 15.2. The molecule has 5 nitrogen and oxygen atoms in total. The summed E-state index contributed by atoms with van der Waals surface area (Å²) in [5.74, 6) is -0.447. The molecule has 2 unspecified atom stereocenters. The van der Waals surface area contributed by atoms with E-state index in [-0.39, 0.29) is 18.5 Å². The molecule has 3 N–H and O–H groups in total.